The molecule has 0 radical (unpaired) electrons. The quantitative estimate of drug-likeness (QED) is 0.546. The summed E-state index contributed by atoms with van der Waals surface area (Å²) in [6.07, 6.45) is 11.9. The molecular weight excluding hydrogens is 448 g/mol. The molecule has 6 nitrogen and oxygen atoms in total. The minimum absolute atomic E-state index is 0.0435. The van der Waals surface area contributed by atoms with Gasteiger partial charge >= 0.3 is 0 Å². The molecule has 3 unspecified atom stereocenters. The number of rotatable bonds is 8. The number of nitrogens with zero attached hydrogens (tertiary/aromatic N) is 3. The highest BCUT2D eigenvalue weighted by atomic mass is 16.1. The molecule has 2 N–H and O–H groups in total. The fourth-order valence-electron chi connectivity index (χ4n) is 6.24. The summed E-state index contributed by atoms with van der Waals surface area (Å²) in [6.45, 7) is 13.6. The van der Waals surface area contributed by atoms with Crippen LogP contribution in [0.4, 0.5) is 0 Å². The van der Waals surface area contributed by atoms with Gasteiger partial charge in [-0.25, -0.2) is 4.99 Å². The maximum absolute atomic E-state index is 13.2. The molecule has 6 heteroatoms. The highest BCUT2D eigenvalue weighted by Gasteiger charge is 2.47. The van der Waals surface area contributed by atoms with Gasteiger partial charge in [0.05, 0.1) is 17.3 Å². The van der Waals surface area contributed by atoms with Gasteiger partial charge in [-0.2, -0.15) is 0 Å². The molecule has 5 aliphatic rings. The summed E-state index contributed by atoms with van der Waals surface area (Å²) in [5.74, 6) is 2.01. The Labute approximate surface area is 214 Å². The average molecular weight is 485 g/mol. The minimum atomic E-state index is -0.0435. The number of Topliss-reactive ketones (excluding diaryl/α,β-unsaturated/α-hetero) is 2. The molecular formula is C30H36N4O2. The summed E-state index contributed by atoms with van der Waals surface area (Å²) in [7, 11) is 1.92. The van der Waals surface area contributed by atoms with Crippen molar-refractivity contribution in [3.05, 3.63) is 82.7 Å². The van der Waals surface area contributed by atoms with Crippen molar-refractivity contribution >= 4 is 17.3 Å². The molecule has 1 saturated carbocycles. The van der Waals surface area contributed by atoms with E-state index in [9.17, 15) is 9.59 Å². The number of hydrogen-bond acceptors (Lipinski definition) is 6. The van der Waals surface area contributed by atoms with Crippen molar-refractivity contribution in [2.75, 3.05) is 20.1 Å². The Bertz CT molecular complexity index is 1260. The predicted octanol–water partition coefficient (Wildman–Crippen LogP) is 4.57. The zero-order valence-electron chi connectivity index (χ0n) is 21.6. The molecule has 188 valence electrons. The molecule has 0 aromatic heterocycles. The third kappa shape index (κ3) is 4.02. The second kappa shape index (κ2) is 9.23. The van der Waals surface area contributed by atoms with E-state index in [0.717, 1.165) is 49.3 Å². The van der Waals surface area contributed by atoms with Crippen LogP contribution in [0.2, 0.25) is 0 Å². The normalized spacial score (nSPS) is 28.2. The summed E-state index contributed by atoms with van der Waals surface area (Å²) >= 11 is 0. The number of ketones is 2. The van der Waals surface area contributed by atoms with E-state index in [-0.39, 0.29) is 17.5 Å². The minimum Gasteiger partial charge on any atom is -0.394 e. The van der Waals surface area contributed by atoms with Crippen LogP contribution >= 0.6 is 0 Å². The highest BCUT2D eigenvalue weighted by molar-refractivity contribution is 6.44. The van der Waals surface area contributed by atoms with Crippen LogP contribution in [0.15, 0.2) is 87.7 Å². The second-order valence-corrected chi connectivity index (χ2v) is 10.6. The summed E-state index contributed by atoms with van der Waals surface area (Å²) < 4.78 is 0. The van der Waals surface area contributed by atoms with Crippen molar-refractivity contribution in [2.24, 2.45) is 28.5 Å². The monoisotopic (exact) mass is 484 g/mol. The van der Waals surface area contributed by atoms with Crippen LogP contribution in [0.25, 0.3) is 0 Å². The first-order valence-corrected chi connectivity index (χ1v) is 13.0. The lowest BCUT2D eigenvalue weighted by Crippen LogP contribution is -2.46. The summed E-state index contributed by atoms with van der Waals surface area (Å²) in [6, 6.07) is 0. The Balaban J connectivity index is 1.30. The van der Waals surface area contributed by atoms with Gasteiger partial charge in [-0.3, -0.25) is 9.59 Å². The number of fused-ring (bicyclic) bond motifs is 2. The molecule has 0 amide bonds. The van der Waals surface area contributed by atoms with Crippen LogP contribution in [0.1, 0.15) is 46.0 Å². The van der Waals surface area contributed by atoms with Gasteiger partial charge in [0, 0.05) is 32.3 Å². The van der Waals surface area contributed by atoms with Gasteiger partial charge in [0.1, 0.15) is 11.5 Å². The van der Waals surface area contributed by atoms with Crippen LogP contribution in [-0.2, 0) is 9.59 Å². The third-order valence-electron chi connectivity index (χ3n) is 8.28. The lowest BCUT2D eigenvalue weighted by molar-refractivity contribution is -0.121. The Morgan fingerprint density at radius 1 is 1.31 bits per heavy atom. The maximum Gasteiger partial charge on any atom is 0.189 e. The lowest BCUT2D eigenvalue weighted by Gasteiger charge is -2.42. The number of carbonyl (C=O) groups is 2. The molecule has 36 heavy (non-hydrogen) atoms. The van der Waals surface area contributed by atoms with Crippen molar-refractivity contribution in [1.82, 2.24) is 9.80 Å². The van der Waals surface area contributed by atoms with E-state index < -0.39 is 0 Å². The molecule has 0 spiro atoms. The topological polar surface area (TPSA) is 79.0 Å². The summed E-state index contributed by atoms with van der Waals surface area (Å²) in [5.41, 5.74) is 14.2. The maximum atomic E-state index is 13.2. The van der Waals surface area contributed by atoms with Gasteiger partial charge < -0.3 is 15.5 Å². The molecule has 1 fully saturated rings. The fourth-order valence-corrected chi connectivity index (χ4v) is 6.24. The first-order chi connectivity index (χ1) is 17.2. The van der Waals surface area contributed by atoms with Crippen molar-refractivity contribution < 1.29 is 9.59 Å². The molecule has 0 bridgehead atoms. The van der Waals surface area contributed by atoms with Crippen molar-refractivity contribution in [3.63, 3.8) is 0 Å². The molecule has 3 aliphatic carbocycles. The fraction of sp³-hybridized carbons (Fsp3) is 0.433. The van der Waals surface area contributed by atoms with Gasteiger partial charge in [-0.1, -0.05) is 43.4 Å². The van der Waals surface area contributed by atoms with Crippen molar-refractivity contribution in [3.8, 4) is 0 Å². The smallest absolute Gasteiger partial charge is 0.189 e. The molecule has 0 aromatic carbocycles. The molecule has 2 heterocycles. The van der Waals surface area contributed by atoms with E-state index in [2.05, 4.69) is 29.1 Å². The van der Waals surface area contributed by atoms with E-state index in [1.165, 1.54) is 17.6 Å². The molecule has 5 rings (SSSR count). The van der Waals surface area contributed by atoms with Crippen LogP contribution in [-0.4, -0.2) is 47.2 Å². The summed E-state index contributed by atoms with van der Waals surface area (Å²) in [5, 5.41) is 0. The van der Waals surface area contributed by atoms with E-state index in [1.807, 2.05) is 37.9 Å². The third-order valence-corrected chi connectivity index (χ3v) is 8.28. The number of hydrogen-bond donors (Lipinski definition) is 1. The Kier molecular flexibility index (Phi) is 6.23. The van der Waals surface area contributed by atoms with E-state index in [1.54, 1.807) is 11.6 Å². The Morgan fingerprint density at radius 2 is 2.08 bits per heavy atom. The first kappa shape index (κ1) is 24.3. The number of aliphatic imine (C=N–C) groups is 1. The number of carbonyl (C=O) groups excluding carboxylic acids is 2. The first-order valence-electron chi connectivity index (χ1n) is 13.0. The largest absolute Gasteiger partial charge is 0.394 e. The van der Waals surface area contributed by atoms with Gasteiger partial charge in [-0.15, -0.1) is 0 Å². The van der Waals surface area contributed by atoms with Crippen LogP contribution in [0.3, 0.4) is 0 Å². The predicted molar refractivity (Wildman–Crippen MR) is 144 cm³/mol. The van der Waals surface area contributed by atoms with Crippen LogP contribution in [0.5, 0.6) is 0 Å². The number of likely N-dealkylation sites (N-methyl/N-ethyl adjacent to an activating group) is 1. The Hall–Kier alpha value is -3.41. The molecule has 0 saturated heterocycles. The SMILES string of the molecule is C=C/C=C1/N=C(C(=O)CCC2=CC3=C(CCN(C4=C(N)C(=O)C4CC)C3)C3CC23)C=C(C(=C)C)N1C. The highest BCUT2D eigenvalue weighted by Crippen LogP contribution is 2.56. The zero-order valence-corrected chi connectivity index (χ0v) is 21.6. The van der Waals surface area contributed by atoms with E-state index >= 15 is 0 Å². The van der Waals surface area contributed by atoms with Gasteiger partial charge in [0.25, 0.3) is 0 Å². The van der Waals surface area contributed by atoms with E-state index in [0.29, 0.717) is 35.5 Å². The van der Waals surface area contributed by atoms with E-state index in [4.69, 9.17) is 5.73 Å². The van der Waals surface area contributed by atoms with Gasteiger partial charge in [0.2, 0.25) is 0 Å². The molecule has 0 aromatic rings. The number of nitrogens with two attached hydrogens (primary N) is 1. The van der Waals surface area contributed by atoms with Crippen LogP contribution in [0, 0.1) is 17.8 Å². The zero-order chi connectivity index (χ0) is 25.7. The van der Waals surface area contributed by atoms with Gasteiger partial charge in [0.15, 0.2) is 11.6 Å². The average Bonchev–Trinajstić information content (AvgIpc) is 3.67. The second-order valence-electron chi connectivity index (χ2n) is 10.6. The van der Waals surface area contributed by atoms with Gasteiger partial charge in [-0.05, 0) is 67.7 Å². The number of allylic oxidation sites excluding steroid dienone is 7. The molecule has 2 aliphatic heterocycles. The van der Waals surface area contributed by atoms with Crippen molar-refractivity contribution in [1.29, 1.82) is 0 Å². The summed E-state index contributed by atoms with van der Waals surface area (Å²) in [4.78, 5) is 34.2. The standard InChI is InChI=1S/C30H36N4O2/c1-6-8-27-32-24(15-25(17(3)4)33(27)5)26(35)10-9-18-13-19-16-34(12-11-21(19)23-14-22(18)23)29-20(7-2)30(36)28(29)31/h6,8,13,15,20,22-23H,1,3,7,9-12,14,16,31H2,2,4-5H3/b27-8-. The van der Waals surface area contributed by atoms with Crippen LogP contribution < -0.4 is 5.73 Å². The lowest BCUT2D eigenvalue weighted by atomic mass is 9.80. The Morgan fingerprint density at radius 3 is 2.78 bits per heavy atom. The molecule has 3 atom stereocenters. The van der Waals surface area contributed by atoms with Crippen molar-refractivity contribution in [2.45, 2.75) is 46.0 Å².